The average Bonchev–Trinajstić information content (AvgIpc) is 2.36. The Hall–Kier alpha value is -2.41. The fourth-order valence-electron chi connectivity index (χ4n) is 1.82. The lowest BCUT2D eigenvalue weighted by Gasteiger charge is -2.09. The van der Waals surface area contributed by atoms with Gasteiger partial charge in [0.25, 0.3) is 0 Å². The summed E-state index contributed by atoms with van der Waals surface area (Å²) in [4.78, 5) is 0. The Morgan fingerprint density at radius 3 is 2.37 bits per heavy atom. The highest BCUT2D eigenvalue weighted by atomic mass is 19.1. The van der Waals surface area contributed by atoms with Crippen LogP contribution < -0.4 is 5.32 Å². The van der Waals surface area contributed by atoms with Gasteiger partial charge in [0.05, 0.1) is 11.6 Å². The van der Waals surface area contributed by atoms with E-state index >= 15 is 0 Å². The molecule has 1 N–H and O–H groups in total. The van der Waals surface area contributed by atoms with Crippen molar-refractivity contribution in [2.75, 3.05) is 5.32 Å². The first-order chi connectivity index (χ1) is 9.08. The van der Waals surface area contributed by atoms with Crippen molar-refractivity contribution in [3.63, 3.8) is 0 Å². The number of hydrogen-bond donors (Lipinski definition) is 1. The Labute approximate surface area is 110 Å². The van der Waals surface area contributed by atoms with Crippen molar-refractivity contribution >= 4 is 5.69 Å². The minimum absolute atomic E-state index is 0.390. The summed E-state index contributed by atoms with van der Waals surface area (Å²) in [6.45, 7) is 2.34. The minimum Gasteiger partial charge on any atom is -0.381 e. The first-order valence-electron chi connectivity index (χ1n) is 5.78. The molecule has 0 spiro atoms. The lowest BCUT2D eigenvalue weighted by Crippen LogP contribution is -2.02. The maximum Gasteiger partial charge on any atom is 0.128 e. The number of benzene rings is 2. The molecule has 0 heterocycles. The SMILES string of the molecule is Cc1cc(C#N)ccc1CNc1cc(F)cc(F)c1. The molecule has 0 atom stereocenters. The molecule has 19 heavy (non-hydrogen) atoms. The molecule has 2 aromatic rings. The van der Waals surface area contributed by atoms with E-state index in [0.717, 1.165) is 17.2 Å². The summed E-state index contributed by atoms with van der Waals surface area (Å²) in [5.41, 5.74) is 2.92. The summed E-state index contributed by atoms with van der Waals surface area (Å²) in [6, 6.07) is 10.7. The Morgan fingerprint density at radius 2 is 1.79 bits per heavy atom. The number of anilines is 1. The molecule has 0 radical (unpaired) electrons. The molecular formula is C15H12F2N2. The first-order valence-corrected chi connectivity index (χ1v) is 5.78. The fourth-order valence-corrected chi connectivity index (χ4v) is 1.82. The van der Waals surface area contributed by atoms with Crippen LogP contribution in [0.4, 0.5) is 14.5 Å². The lowest BCUT2D eigenvalue weighted by atomic mass is 10.1. The second kappa shape index (κ2) is 5.49. The number of rotatable bonds is 3. The molecule has 0 saturated heterocycles. The fraction of sp³-hybridized carbons (Fsp3) is 0.133. The van der Waals surface area contributed by atoms with Crippen LogP contribution in [0.2, 0.25) is 0 Å². The van der Waals surface area contributed by atoms with Gasteiger partial charge in [-0.05, 0) is 42.3 Å². The first kappa shape index (κ1) is 13.0. The van der Waals surface area contributed by atoms with Crippen molar-refractivity contribution < 1.29 is 8.78 Å². The van der Waals surface area contributed by atoms with Crippen LogP contribution in [0.5, 0.6) is 0 Å². The van der Waals surface area contributed by atoms with E-state index in [1.54, 1.807) is 12.1 Å². The van der Waals surface area contributed by atoms with Gasteiger partial charge in [-0.15, -0.1) is 0 Å². The molecule has 4 heteroatoms. The average molecular weight is 258 g/mol. The maximum absolute atomic E-state index is 13.0. The predicted molar refractivity (Wildman–Crippen MR) is 69.6 cm³/mol. The molecule has 0 aliphatic heterocycles. The molecule has 0 fully saturated rings. The topological polar surface area (TPSA) is 35.8 Å². The molecule has 2 nitrogen and oxygen atoms in total. The second-order valence-electron chi connectivity index (χ2n) is 4.26. The highest BCUT2D eigenvalue weighted by Crippen LogP contribution is 2.16. The Kier molecular flexibility index (Phi) is 3.76. The summed E-state index contributed by atoms with van der Waals surface area (Å²) < 4.78 is 26.0. The number of nitrogens with zero attached hydrogens (tertiary/aromatic N) is 1. The van der Waals surface area contributed by atoms with Gasteiger partial charge in [0, 0.05) is 18.3 Å². The summed E-state index contributed by atoms with van der Waals surface area (Å²) in [5, 5.41) is 11.7. The third-order valence-electron chi connectivity index (χ3n) is 2.82. The van der Waals surface area contributed by atoms with Crippen LogP contribution in [0.3, 0.4) is 0 Å². The lowest BCUT2D eigenvalue weighted by molar-refractivity contribution is 0.584. The van der Waals surface area contributed by atoms with Gasteiger partial charge in [-0.25, -0.2) is 8.78 Å². The Bertz CT molecular complexity index is 625. The molecule has 0 aromatic heterocycles. The zero-order valence-corrected chi connectivity index (χ0v) is 10.4. The molecule has 0 aliphatic carbocycles. The van der Waals surface area contributed by atoms with E-state index < -0.39 is 11.6 Å². The van der Waals surface area contributed by atoms with Crippen molar-refractivity contribution in [1.82, 2.24) is 0 Å². The third-order valence-corrected chi connectivity index (χ3v) is 2.82. The molecule has 0 aliphatic rings. The van der Waals surface area contributed by atoms with Crippen molar-refractivity contribution in [2.24, 2.45) is 0 Å². The van der Waals surface area contributed by atoms with Crippen molar-refractivity contribution in [3.05, 3.63) is 64.7 Å². The molecule has 0 amide bonds. The number of aryl methyl sites for hydroxylation is 1. The van der Waals surface area contributed by atoms with Gasteiger partial charge in [0.2, 0.25) is 0 Å². The number of hydrogen-bond acceptors (Lipinski definition) is 2. The molecule has 0 unspecified atom stereocenters. The van der Waals surface area contributed by atoms with Gasteiger partial charge in [-0.2, -0.15) is 5.26 Å². The van der Waals surface area contributed by atoms with Gasteiger partial charge in [-0.3, -0.25) is 0 Å². The molecule has 0 bridgehead atoms. The van der Waals surface area contributed by atoms with E-state index in [1.807, 2.05) is 13.0 Å². The summed E-state index contributed by atoms with van der Waals surface area (Å²) in [7, 11) is 0. The zero-order chi connectivity index (χ0) is 13.8. The van der Waals surface area contributed by atoms with Crippen LogP contribution in [0.15, 0.2) is 36.4 Å². The third kappa shape index (κ3) is 3.29. The molecular weight excluding hydrogens is 246 g/mol. The molecule has 2 rings (SSSR count). The second-order valence-corrected chi connectivity index (χ2v) is 4.26. The number of halogens is 2. The van der Waals surface area contributed by atoms with E-state index in [2.05, 4.69) is 11.4 Å². The largest absolute Gasteiger partial charge is 0.381 e. The monoisotopic (exact) mass is 258 g/mol. The predicted octanol–water partition coefficient (Wildman–Crippen LogP) is 3.76. The Morgan fingerprint density at radius 1 is 1.11 bits per heavy atom. The van der Waals surface area contributed by atoms with Gasteiger partial charge >= 0.3 is 0 Å². The van der Waals surface area contributed by atoms with Gasteiger partial charge in [0.1, 0.15) is 11.6 Å². The summed E-state index contributed by atoms with van der Waals surface area (Å²) >= 11 is 0. The maximum atomic E-state index is 13.0. The van der Waals surface area contributed by atoms with Crippen LogP contribution >= 0.6 is 0 Å². The minimum atomic E-state index is -0.612. The number of nitrogens with one attached hydrogen (secondary N) is 1. The van der Waals surface area contributed by atoms with Crippen molar-refractivity contribution in [2.45, 2.75) is 13.5 Å². The molecule has 0 saturated carbocycles. The van der Waals surface area contributed by atoms with Crippen LogP contribution in [0.25, 0.3) is 0 Å². The van der Waals surface area contributed by atoms with Crippen LogP contribution in [-0.2, 0) is 6.54 Å². The zero-order valence-electron chi connectivity index (χ0n) is 10.4. The van der Waals surface area contributed by atoms with Gasteiger partial charge < -0.3 is 5.32 Å². The summed E-state index contributed by atoms with van der Waals surface area (Å²) in [5.74, 6) is -1.22. The van der Waals surface area contributed by atoms with Gasteiger partial charge in [-0.1, -0.05) is 6.07 Å². The number of nitriles is 1. The summed E-state index contributed by atoms with van der Waals surface area (Å²) in [6.07, 6.45) is 0. The van der Waals surface area contributed by atoms with Crippen LogP contribution in [-0.4, -0.2) is 0 Å². The Balaban J connectivity index is 2.12. The highest BCUT2D eigenvalue weighted by Gasteiger charge is 2.03. The van der Waals surface area contributed by atoms with Crippen LogP contribution in [0.1, 0.15) is 16.7 Å². The van der Waals surface area contributed by atoms with E-state index in [4.69, 9.17) is 5.26 Å². The molecule has 96 valence electrons. The van der Waals surface area contributed by atoms with Crippen molar-refractivity contribution in [3.8, 4) is 6.07 Å². The van der Waals surface area contributed by atoms with E-state index in [1.165, 1.54) is 12.1 Å². The quantitative estimate of drug-likeness (QED) is 0.909. The molecule has 2 aromatic carbocycles. The van der Waals surface area contributed by atoms with E-state index in [0.29, 0.717) is 17.8 Å². The van der Waals surface area contributed by atoms with Crippen molar-refractivity contribution in [1.29, 1.82) is 5.26 Å². The highest BCUT2D eigenvalue weighted by molar-refractivity contribution is 5.46. The van der Waals surface area contributed by atoms with E-state index in [-0.39, 0.29) is 0 Å². The van der Waals surface area contributed by atoms with E-state index in [9.17, 15) is 8.78 Å². The smallest absolute Gasteiger partial charge is 0.128 e. The normalized spacial score (nSPS) is 10.0. The standard InChI is InChI=1S/C15H12F2N2/c1-10-4-11(8-18)2-3-12(10)9-19-15-6-13(16)5-14(17)7-15/h2-7,19H,9H2,1H3. The van der Waals surface area contributed by atoms with Crippen LogP contribution in [0, 0.1) is 29.9 Å². The van der Waals surface area contributed by atoms with Gasteiger partial charge in [0.15, 0.2) is 0 Å².